The lowest BCUT2D eigenvalue weighted by Crippen LogP contribution is -2.04. The van der Waals surface area contributed by atoms with Crippen LogP contribution in [-0.4, -0.2) is 25.8 Å². The predicted molar refractivity (Wildman–Crippen MR) is 64.6 cm³/mol. The maximum absolute atomic E-state index is 11.2. The third-order valence-corrected chi connectivity index (χ3v) is 2.72. The molecule has 0 radical (unpaired) electrons. The molecule has 1 N–H and O–H groups in total. The number of aromatic nitrogens is 3. The first-order valence-corrected chi connectivity index (χ1v) is 5.58. The molecule has 0 amide bonds. The average molecular weight is 254 g/mol. The van der Waals surface area contributed by atoms with E-state index in [4.69, 9.17) is 16.7 Å². The zero-order chi connectivity index (χ0) is 12.7. The number of rotatable bonds is 2. The Labute approximate surface area is 103 Å². The zero-order valence-electron chi connectivity index (χ0n) is 9.73. The summed E-state index contributed by atoms with van der Waals surface area (Å²) in [4.78, 5) is 15.3. The molecule has 2 aromatic heterocycles. The van der Waals surface area contributed by atoms with Crippen molar-refractivity contribution in [3.05, 3.63) is 22.5 Å². The minimum Gasteiger partial charge on any atom is -0.478 e. The highest BCUT2D eigenvalue weighted by Crippen LogP contribution is 2.26. The molecule has 5 nitrogen and oxygen atoms in total. The van der Waals surface area contributed by atoms with E-state index in [1.165, 1.54) is 6.07 Å². The highest BCUT2D eigenvalue weighted by Gasteiger charge is 2.19. The van der Waals surface area contributed by atoms with Crippen LogP contribution in [-0.2, 0) is 0 Å². The summed E-state index contributed by atoms with van der Waals surface area (Å²) < 4.78 is 1.68. The molecule has 0 unspecified atom stereocenters. The van der Waals surface area contributed by atoms with Crippen molar-refractivity contribution < 1.29 is 9.90 Å². The van der Waals surface area contributed by atoms with Crippen LogP contribution in [0.2, 0.25) is 5.15 Å². The van der Waals surface area contributed by atoms with E-state index in [1.54, 1.807) is 11.6 Å². The average Bonchev–Trinajstić information content (AvgIpc) is 2.54. The van der Waals surface area contributed by atoms with Gasteiger partial charge >= 0.3 is 5.97 Å². The molecular formula is C11H12ClN3O2. The van der Waals surface area contributed by atoms with Crippen LogP contribution in [0.1, 0.15) is 35.9 Å². The summed E-state index contributed by atoms with van der Waals surface area (Å²) in [5.74, 6) is -1.02. The summed E-state index contributed by atoms with van der Waals surface area (Å²) >= 11 is 5.84. The van der Waals surface area contributed by atoms with Crippen LogP contribution in [0.5, 0.6) is 0 Å². The van der Waals surface area contributed by atoms with E-state index in [0.29, 0.717) is 16.7 Å². The zero-order valence-corrected chi connectivity index (χ0v) is 10.5. The van der Waals surface area contributed by atoms with Crippen LogP contribution in [0.15, 0.2) is 6.07 Å². The van der Waals surface area contributed by atoms with Gasteiger partial charge in [-0.1, -0.05) is 11.6 Å². The molecule has 6 heteroatoms. The summed E-state index contributed by atoms with van der Waals surface area (Å²) in [6, 6.07) is 1.45. The molecule has 2 rings (SSSR count). The molecular weight excluding hydrogens is 242 g/mol. The largest absolute Gasteiger partial charge is 0.478 e. The lowest BCUT2D eigenvalue weighted by molar-refractivity contribution is 0.0699. The van der Waals surface area contributed by atoms with Crippen molar-refractivity contribution in [2.45, 2.75) is 26.8 Å². The van der Waals surface area contributed by atoms with Crippen molar-refractivity contribution in [2.24, 2.45) is 0 Å². The van der Waals surface area contributed by atoms with E-state index in [2.05, 4.69) is 10.1 Å². The SMILES string of the molecule is Cc1nn(C(C)C)c2nc(Cl)cc(C(=O)O)c12. The molecule has 0 aromatic carbocycles. The monoisotopic (exact) mass is 253 g/mol. The number of pyridine rings is 1. The topological polar surface area (TPSA) is 68.0 Å². The predicted octanol–water partition coefficient (Wildman–Crippen LogP) is 2.67. The van der Waals surface area contributed by atoms with Crippen LogP contribution in [0.3, 0.4) is 0 Å². The van der Waals surface area contributed by atoms with Crippen LogP contribution in [0, 0.1) is 6.92 Å². The number of aryl methyl sites for hydroxylation is 1. The van der Waals surface area contributed by atoms with Gasteiger partial charge < -0.3 is 5.11 Å². The highest BCUT2D eigenvalue weighted by atomic mass is 35.5. The molecule has 0 fully saturated rings. The Hall–Kier alpha value is -1.62. The number of aromatic carboxylic acids is 1. The van der Waals surface area contributed by atoms with E-state index in [-0.39, 0.29) is 16.8 Å². The van der Waals surface area contributed by atoms with Gasteiger partial charge in [-0.15, -0.1) is 0 Å². The quantitative estimate of drug-likeness (QED) is 0.836. The molecule has 0 bridgehead atoms. The lowest BCUT2D eigenvalue weighted by Gasteiger charge is -2.06. The number of halogens is 1. The first kappa shape index (κ1) is 11.9. The molecule has 0 saturated carbocycles. The minimum absolute atomic E-state index is 0.0961. The van der Waals surface area contributed by atoms with Crippen molar-refractivity contribution in [1.29, 1.82) is 0 Å². The van der Waals surface area contributed by atoms with E-state index in [1.807, 2.05) is 13.8 Å². The molecule has 2 heterocycles. The van der Waals surface area contributed by atoms with Gasteiger partial charge in [0.1, 0.15) is 5.15 Å². The maximum atomic E-state index is 11.2. The Balaban J connectivity index is 2.90. The number of nitrogens with zero attached hydrogens (tertiary/aromatic N) is 3. The first-order valence-electron chi connectivity index (χ1n) is 5.20. The third kappa shape index (κ3) is 1.86. The van der Waals surface area contributed by atoms with Crippen LogP contribution in [0.25, 0.3) is 11.0 Å². The Morgan fingerprint density at radius 2 is 2.18 bits per heavy atom. The molecule has 0 aliphatic carbocycles. The van der Waals surface area contributed by atoms with Gasteiger partial charge in [-0.2, -0.15) is 5.10 Å². The number of hydrogen-bond donors (Lipinski definition) is 1. The van der Waals surface area contributed by atoms with Gasteiger partial charge in [-0.05, 0) is 26.8 Å². The highest BCUT2D eigenvalue weighted by molar-refractivity contribution is 6.30. The van der Waals surface area contributed by atoms with Crippen molar-refractivity contribution in [2.75, 3.05) is 0 Å². The summed E-state index contributed by atoms with van der Waals surface area (Å²) in [6.45, 7) is 5.67. The van der Waals surface area contributed by atoms with Crippen molar-refractivity contribution in [3.63, 3.8) is 0 Å². The van der Waals surface area contributed by atoms with Gasteiger partial charge in [0.2, 0.25) is 0 Å². The second-order valence-electron chi connectivity index (χ2n) is 4.12. The summed E-state index contributed by atoms with van der Waals surface area (Å²) in [7, 11) is 0. The molecule has 0 aliphatic rings. The molecule has 0 aliphatic heterocycles. The fourth-order valence-corrected chi connectivity index (χ4v) is 2.00. The standard InChI is InChI=1S/C11H12ClN3O2/c1-5(2)15-10-9(6(3)14-15)7(11(16)17)4-8(12)13-10/h4-5H,1-3H3,(H,16,17). The van der Waals surface area contributed by atoms with Gasteiger partial charge in [0, 0.05) is 6.04 Å². The van der Waals surface area contributed by atoms with Crippen LogP contribution in [0.4, 0.5) is 0 Å². The Morgan fingerprint density at radius 3 is 2.71 bits per heavy atom. The Morgan fingerprint density at radius 1 is 1.53 bits per heavy atom. The normalized spacial score (nSPS) is 11.4. The third-order valence-electron chi connectivity index (χ3n) is 2.53. The second-order valence-corrected chi connectivity index (χ2v) is 4.51. The smallest absolute Gasteiger partial charge is 0.336 e. The summed E-state index contributed by atoms with van der Waals surface area (Å²) in [5, 5.41) is 14.2. The number of fused-ring (bicyclic) bond motifs is 1. The van der Waals surface area contributed by atoms with E-state index >= 15 is 0 Å². The Bertz CT molecular complexity index is 604. The van der Waals surface area contributed by atoms with Crippen molar-refractivity contribution in [1.82, 2.24) is 14.8 Å². The second kappa shape index (κ2) is 4.00. The maximum Gasteiger partial charge on any atom is 0.336 e. The fourth-order valence-electron chi connectivity index (χ4n) is 1.81. The number of hydrogen-bond acceptors (Lipinski definition) is 3. The minimum atomic E-state index is -1.02. The van der Waals surface area contributed by atoms with E-state index < -0.39 is 5.97 Å². The van der Waals surface area contributed by atoms with E-state index in [9.17, 15) is 4.79 Å². The molecule has 17 heavy (non-hydrogen) atoms. The van der Waals surface area contributed by atoms with Gasteiger partial charge in [-0.3, -0.25) is 0 Å². The van der Waals surface area contributed by atoms with Crippen molar-refractivity contribution >= 4 is 28.6 Å². The molecule has 0 spiro atoms. The first-order chi connectivity index (χ1) is 7.91. The lowest BCUT2D eigenvalue weighted by atomic mass is 10.1. The van der Waals surface area contributed by atoms with Gasteiger partial charge in [0.05, 0.1) is 16.6 Å². The molecule has 0 atom stereocenters. The molecule has 0 saturated heterocycles. The van der Waals surface area contributed by atoms with Gasteiger partial charge in [-0.25, -0.2) is 14.5 Å². The number of carboxylic acid groups (broad SMARTS) is 1. The van der Waals surface area contributed by atoms with Gasteiger partial charge in [0.25, 0.3) is 0 Å². The summed E-state index contributed by atoms with van der Waals surface area (Å²) in [5.41, 5.74) is 1.31. The number of carboxylic acids is 1. The summed E-state index contributed by atoms with van der Waals surface area (Å²) in [6.07, 6.45) is 0. The number of carbonyl (C=O) groups is 1. The van der Waals surface area contributed by atoms with E-state index in [0.717, 1.165) is 0 Å². The van der Waals surface area contributed by atoms with Gasteiger partial charge in [0.15, 0.2) is 5.65 Å². The molecule has 90 valence electrons. The fraction of sp³-hybridized carbons (Fsp3) is 0.364. The Kier molecular flexibility index (Phi) is 2.79. The molecule has 2 aromatic rings. The van der Waals surface area contributed by atoms with Crippen molar-refractivity contribution in [3.8, 4) is 0 Å². The van der Waals surface area contributed by atoms with Crippen LogP contribution < -0.4 is 0 Å². The van der Waals surface area contributed by atoms with Crippen LogP contribution >= 0.6 is 11.6 Å².